The Balaban J connectivity index is 3.11. The Bertz CT molecular complexity index is 367. The molecule has 0 N–H and O–H groups in total. The van der Waals surface area contributed by atoms with Gasteiger partial charge in [0.25, 0.3) is 0 Å². The molecule has 0 saturated carbocycles. The van der Waals surface area contributed by atoms with Gasteiger partial charge in [-0.25, -0.2) is 13.2 Å². The molecule has 15 heavy (non-hydrogen) atoms. The molecule has 1 aromatic rings. The minimum atomic E-state index is -1.55. The van der Waals surface area contributed by atoms with E-state index in [4.69, 9.17) is 0 Å². The molecule has 0 spiro atoms. The topological polar surface area (TPSA) is 26.3 Å². The lowest BCUT2D eigenvalue weighted by Crippen LogP contribution is -2.11. The van der Waals surface area contributed by atoms with Crippen LogP contribution in [0.1, 0.15) is 18.4 Å². The first-order valence-electron chi connectivity index (χ1n) is 4.19. The van der Waals surface area contributed by atoms with Crippen LogP contribution in [0.4, 0.5) is 13.2 Å². The van der Waals surface area contributed by atoms with Gasteiger partial charge in [-0.3, -0.25) is 4.79 Å². The highest BCUT2D eigenvalue weighted by Gasteiger charge is 2.19. The fourth-order valence-corrected chi connectivity index (χ4v) is 1.14. The lowest BCUT2D eigenvalue weighted by Gasteiger charge is -2.09. The van der Waals surface area contributed by atoms with Crippen LogP contribution in [-0.2, 0) is 9.53 Å². The van der Waals surface area contributed by atoms with E-state index in [0.29, 0.717) is 0 Å². The van der Waals surface area contributed by atoms with Crippen LogP contribution in [0, 0.1) is 17.5 Å². The summed E-state index contributed by atoms with van der Waals surface area (Å²) in [7, 11) is 1.16. The Morgan fingerprint density at radius 1 is 1.27 bits per heavy atom. The predicted molar refractivity (Wildman–Crippen MR) is 46.7 cm³/mol. The van der Waals surface area contributed by atoms with Crippen LogP contribution in [0.5, 0.6) is 0 Å². The minimum absolute atomic E-state index is 0.0400. The van der Waals surface area contributed by atoms with Gasteiger partial charge in [-0.15, -0.1) is 0 Å². The van der Waals surface area contributed by atoms with Crippen molar-refractivity contribution >= 4 is 5.97 Å². The lowest BCUT2D eigenvalue weighted by molar-refractivity contribution is -0.141. The number of rotatable bonds is 2. The molecule has 2 nitrogen and oxygen atoms in total. The van der Waals surface area contributed by atoms with Gasteiger partial charge in [0, 0.05) is 0 Å². The number of halogens is 3. The lowest BCUT2D eigenvalue weighted by atomic mass is 10.0. The smallest absolute Gasteiger partial charge is 0.312 e. The molecule has 0 radical (unpaired) electrons. The number of hydrogen-bond acceptors (Lipinski definition) is 2. The molecule has 0 aliphatic heterocycles. The van der Waals surface area contributed by atoms with Gasteiger partial charge in [0.15, 0.2) is 17.5 Å². The quantitative estimate of drug-likeness (QED) is 0.562. The molecule has 0 aliphatic rings. The fourth-order valence-electron chi connectivity index (χ4n) is 1.14. The van der Waals surface area contributed by atoms with E-state index in [1.165, 1.54) is 6.92 Å². The maximum absolute atomic E-state index is 12.8. The maximum atomic E-state index is 12.8. The molecule has 0 amide bonds. The number of esters is 1. The van der Waals surface area contributed by atoms with Crippen molar-refractivity contribution in [3.05, 3.63) is 35.1 Å². The average molecular weight is 218 g/mol. The Kier molecular flexibility index (Phi) is 3.34. The van der Waals surface area contributed by atoms with Crippen molar-refractivity contribution in [2.75, 3.05) is 7.11 Å². The Hall–Kier alpha value is -1.52. The van der Waals surface area contributed by atoms with E-state index in [-0.39, 0.29) is 5.56 Å². The summed E-state index contributed by atoms with van der Waals surface area (Å²) in [4.78, 5) is 11.1. The van der Waals surface area contributed by atoms with Gasteiger partial charge in [-0.05, 0) is 24.6 Å². The molecule has 0 fully saturated rings. The van der Waals surface area contributed by atoms with Crippen LogP contribution >= 0.6 is 0 Å². The Morgan fingerprint density at radius 2 is 1.73 bits per heavy atom. The normalized spacial score (nSPS) is 12.3. The van der Waals surface area contributed by atoms with E-state index in [9.17, 15) is 18.0 Å². The van der Waals surface area contributed by atoms with Crippen LogP contribution in [0.15, 0.2) is 12.1 Å². The first-order chi connectivity index (χ1) is 6.97. The molecule has 0 heterocycles. The van der Waals surface area contributed by atoms with Crippen molar-refractivity contribution in [1.82, 2.24) is 0 Å². The molecule has 1 atom stereocenters. The van der Waals surface area contributed by atoms with Crippen LogP contribution in [-0.4, -0.2) is 13.1 Å². The minimum Gasteiger partial charge on any atom is -0.469 e. The highest BCUT2D eigenvalue weighted by atomic mass is 19.2. The summed E-state index contributed by atoms with van der Waals surface area (Å²) in [6.45, 7) is 1.41. The zero-order valence-electron chi connectivity index (χ0n) is 8.18. The van der Waals surface area contributed by atoms with E-state index in [2.05, 4.69) is 4.74 Å². The molecular weight excluding hydrogens is 209 g/mol. The second-order valence-corrected chi connectivity index (χ2v) is 3.04. The first-order valence-corrected chi connectivity index (χ1v) is 4.19. The van der Waals surface area contributed by atoms with Gasteiger partial charge < -0.3 is 4.74 Å². The third-order valence-corrected chi connectivity index (χ3v) is 2.06. The number of ether oxygens (including phenoxy) is 1. The van der Waals surface area contributed by atoms with Crippen LogP contribution in [0.3, 0.4) is 0 Å². The monoisotopic (exact) mass is 218 g/mol. The third-order valence-electron chi connectivity index (χ3n) is 2.06. The molecule has 0 saturated heterocycles. The van der Waals surface area contributed by atoms with E-state index >= 15 is 0 Å². The predicted octanol–water partition coefficient (Wildman–Crippen LogP) is 2.38. The van der Waals surface area contributed by atoms with Crippen LogP contribution < -0.4 is 0 Å². The van der Waals surface area contributed by atoms with Crippen molar-refractivity contribution in [2.24, 2.45) is 0 Å². The van der Waals surface area contributed by atoms with Crippen molar-refractivity contribution in [3.8, 4) is 0 Å². The highest BCUT2D eigenvalue weighted by Crippen LogP contribution is 2.21. The van der Waals surface area contributed by atoms with Gasteiger partial charge in [0.1, 0.15) is 0 Å². The summed E-state index contributed by atoms with van der Waals surface area (Å²) in [5.74, 6) is -5.66. The van der Waals surface area contributed by atoms with E-state index in [0.717, 1.165) is 19.2 Å². The second kappa shape index (κ2) is 4.33. The molecule has 0 aliphatic carbocycles. The summed E-state index contributed by atoms with van der Waals surface area (Å²) >= 11 is 0. The molecule has 0 aromatic heterocycles. The zero-order valence-corrected chi connectivity index (χ0v) is 8.18. The maximum Gasteiger partial charge on any atom is 0.312 e. The van der Waals surface area contributed by atoms with Gasteiger partial charge in [0.2, 0.25) is 0 Å². The van der Waals surface area contributed by atoms with Crippen molar-refractivity contribution in [3.63, 3.8) is 0 Å². The van der Waals surface area contributed by atoms with Gasteiger partial charge in [-0.2, -0.15) is 0 Å². The van der Waals surface area contributed by atoms with Crippen molar-refractivity contribution in [2.45, 2.75) is 12.8 Å². The highest BCUT2D eigenvalue weighted by molar-refractivity contribution is 5.77. The van der Waals surface area contributed by atoms with Crippen LogP contribution in [0.25, 0.3) is 0 Å². The molecule has 1 rings (SSSR count). The Labute approximate surface area is 84.7 Å². The third kappa shape index (κ3) is 2.29. The van der Waals surface area contributed by atoms with Crippen LogP contribution in [0.2, 0.25) is 0 Å². The zero-order chi connectivity index (χ0) is 11.6. The SMILES string of the molecule is COC(=O)C(C)c1cc(F)c(F)c(F)c1. The Morgan fingerprint density at radius 3 is 2.13 bits per heavy atom. The second-order valence-electron chi connectivity index (χ2n) is 3.04. The summed E-state index contributed by atoms with van der Waals surface area (Å²) < 4.78 is 42.6. The van der Waals surface area contributed by atoms with E-state index in [1.54, 1.807) is 0 Å². The number of methoxy groups -OCH3 is 1. The first kappa shape index (κ1) is 11.6. The summed E-state index contributed by atoms with van der Waals surface area (Å²) in [6.07, 6.45) is 0. The standard InChI is InChI=1S/C10H9F3O2/c1-5(10(14)15-2)6-3-7(11)9(13)8(12)4-6/h3-5H,1-2H3. The van der Waals surface area contributed by atoms with E-state index < -0.39 is 29.3 Å². The van der Waals surface area contributed by atoms with Gasteiger partial charge in [-0.1, -0.05) is 0 Å². The van der Waals surface area contributed by atoms with Gasteiger partial charge in [0.05, 0.1) is 13.0 Å². The number of benzene rings is 1. The number of hydrogen-bond donors (Lipinski definition) is 0. The average Bonchev–Trinajstić information content (AvgIpc) is 2.23. The molecule has 82 valence electrons. The molecule has 0 bridgehead atoms. The van der Waals surface area contributed by atoms with Gasteiger partial charge >= 0.3 is 5.97 Å². The van der Waals surface area contributed by atoms with Crippen molar-refractivity contribution < 1.29 is 22.7 Å². The summed E-state index contributed by atoms with van der Waals surface area (Å²) in [5.41, 5.74) is 0.0400. The largest absolute Gasteiger partial charge is 0.469 e. The summed E-state index contributed by atoms with van der Waals surface area (Å²) in [5, 5.41) is 0. The number of carbonyl (C=O) groups is 1. The molecule has 5 heteroatoms. The molecular formula is C10H9F3O2. The summed E-state index contributed by atoms with van der Waals surface area (Å²) in [6, 6.07) is 1.56. The molecule has 1 unspecified atom stereocenters. The number of carbonyl (C=O) groups excluding carboxylic acids is 1. The fraction of sp³-hybridized carbons (Fsp3) is 0.300. The molecule has 1 aromatic carbocycles. The van der Waals surface area contributed by atoms with Crippen molar-refractivity contribution in [1.29, 1.82) is 0 Å². The van der Waals surface area contributed by atoms with E-state index in [1.807, 2.05) is 0 Å².